The molecule has 78 valence electrons. The van der Waals surface area contributed by atoms with Gasteiger partial charge in [0.15, 0.2) is 0 Å². The van der Waals surface area contributed by atoms with Crippen LogP contribution in [0.15, 0.2) is 24.5 Å². The van der Waals surface area contributed by atoms with Crippen molar-refractivity contribution in [3.05, 3.63) is 30.4 Å². The average Bonchev–Trinajstić information content (AvgIpc) is 2.90. The molecule has 0 atom stereocenters. The van der Waals surface area contributed by atoms with Gasteiger partial charge in [-0.1, -0.05) is 0 Å². The maximum atomic E-state index is 11.3. The smallest absolute Gasteiger partial charge is 0.292 e. The van der Waals surface area contributed by atoms with E-state index >= 15 is 0 Å². The minimum absolute atomic E-state index is 0.0579. The zero-order valence-corrected chi connectivity index (χ0v) is 7.92. The van der Waals surface area contributed by atoms with Crippen molar-refractivity contribution in [2.45, 2.75) is 6.54 Å². The van der Waals surface area contributed by atoms with Crippen LogP contribution in [0.5, 0.6) is 0 Å². The molecular weight excluding hydrogens is 196 g/mol. The van der Waals surface area contributed by atoms with Gasteiger partial charge in [-0.3, -0.25) is 4.79 Å². The first-order chi connectivity index (χ1) is 7.36. The largest absolute Gasteiger partial charge is 0.353 e. The van der Waals surface area contributed by atoms with Crippen molar-refractivity contribution >= 4 is 5.91 Å². The van der Waals surface area contributed by atoms with Gasteiger partial charge in [-0.05, 0) is 17.3 Å². The lowest BCUT2D eigenvalue weighted by Gasteiger charge is -2.03. The summed E-state index contributed by atoms with van der Waals surface area (Å²) in [7, 11) is 0. The molecule has 2 N–H and O–H groups in total. The van der Waals surface area contributed by atoms with Gasteiger partial charge in [0.1, 0.15) is 0 Å². The van der Waals surface area contributed by atoms with Crippen LogP contribution in [0.2, 0.25) is 0 Å². The van der Waals surface area contributed by atoms with Gasteiger partial charge in [0.25, 0.3) is 11.7 Å². The number of tetrazole rings is 1. The number of carbonyl (C=O) groups is 1. The maximum Gasteiger partial charge on any atom is 0.292 e. The van der Waals surface area contributed by atoms with E-state index in [4.69, 9.17) is 0 Å². The van der Waals surface area contributed by atoms with E-state index in [2.05, 4.69) is 25.9 Å². The highest BCUT2D eigenvalue weighted by Gasteiger charge is 2.08. The molecule has 2 heterocycles. The van der Waals surface area contributed by atoms with Gasteiger partial charge in [0.05, 0.1) is 0 Å². The number of H-pyrrole nitrogens is 1. The van der Waals surface area contributed by atoms with E-state index in [0.29, 0.717) is 6.54 Å². The Kier molecular flexibility index (Phi) is 2.72. The molecule has 0 aromatic carbocycles. The Labute approximate surface area is 85.5 Å². The molecule has 0 saturated heterocycles. The Bertz CT molecular complexity index is 406. The van der Waals surface area contributed by atoms with E-state index in [0.717, 1.165) is 6.54 Å². The fourth-order valence-corrected chi connectivity index (χ4v) is 1.15. The Morgan fingerprint density at radius 2 is 2.27 bits per heavy atom. The van der Waals surface area contributed by atoms with Crippen LogP contribution in [0, 0.1) is 0 Å². The zero-order chi connectivity index (χ0) is 10.5. The SMILES string of the molecule is O=C(NCCn1cccc1)c1nn[nH]n1. The predicted molar refractivity (Wildman–Crippen MR) is 50.9 cm³/mol. The fraction of sp³-hybridized carbons (Fsp3) is 0.250. The van der Waals surface area contributed by atoms with Crippen molar-refractivity contribution in [3.8, 4) is 0 Å². The topological polar surface area (TPSA) is 88.5 Å². The van der Waals surface area contributed by atoms with Gasteiger partial charge in [0.2, 0.25) is 0 Å². The standard InChI is InChI=1S/C8H10N6O/c15-8(7-10-12-13-11-7)9-3-6-14-4-1-2-5-14/h1-2,4-5H,3,6H2,(H,9,15)(H,10,11,12,13). The second-order valence-electron chi connectivity index (χ2n) is 2.91. The van der Waals surface area contributed by atoms with Crippen LogP contribution in [0.4, 0.5) is 0 Å². The van der Waals surface area contributed by atoms with Crippen molar-refractivity contribution < 1.29 is 4.79 Å². The summed E-state index contributed by atoms with van der Waals surface area (Å²) in [6.07, 6.45) is 3.86. The van der Waals surface area contributed by atoms with Gasteiger partial charge in [0, 0.05) is 25.5 Å². The number of hydrogen-bond acceptors (Lipinski definition) is 4. The number of hydrogen-bond donors (Lipinski definition) is 2. The molecule has 0 aliphatic carbocycles. The summed E-state index contributed by atoms with van der Waals surface area (Å²) < 4.78 is 1.97. The summed E-state index contributed by atoms with van der Waals surface area (Å²) in [5.41, 5.74) is 0. The third-order valence-corrected chi connectivity index (χ3v) is 1.87. The lowest BCUT2D eigenvalue weighted by atomic mass is 10.5. The molecule has 0 bridgehead atoms. The third-order valence-electron chi connectivity index (χ3n) is 1.87. The Morgan fingerprint density at radius 3 is 2.93 bits per heavy atom. The minimum Gasteiger partial charge on any atom is -0.353 e. The number of nitrogens with one attached hydrogen (secondary N) is 2. The molecule has 0 radical (unpaired) electrons. The van der Waals surface area contributed by atoms with Crippen LogP contribution < -0.4 is 5.32 Å². The summed E-state index contributed by atoms with van der Waals surface area (Å²) in [6, 6.07) is 3.86. The summed E-state index contributed by atoms with van der Waals surface area (Å²) in [5.74, 6) is -0.265. The molecule has 2 aromatic rings. The first kappa shape index (κ1) is 9.38. The average molecular weight is 206 g/mol. The lowest BCUT2D eigenvalue weighted by Crippen LogP contribution is -2.27. The highest BCUT2D eigenvalue weighted by atomic mass is 16.2. The van der Waals surface area contributed by atoms with Crippen molar-refractivity contribution in [2.24, 2.45) is 0 Å². The van der Waals surface area contributed by atoms with Crippen LogP contribution in [-0.2, 0) is 6.54 Å². The van der Waals surface area contributed by atoms with Gasteiger partial charge in [-0.15, -0.1) is 10.2 Å². The molecule has 0 saturated carbocycles. The van der Waals surface area contributed by atoms with Crippen molar-refractivity contribution in [1.29, 1.82) is 0 Å². The van der Waals surface area contributed by atoms with Crippen molar-refractivity contribution in [2.75, 3.05) is 6.54 Å². The number of rotatable bonds is 4. The first-order valence-electron chi connectivity index (χ1n) is 4.48. The lowest BCUT2D eigenvalue weighted by molar-refractivity contribution is 0.0942. The predicted octanol–water partition coefficient (Wildman–Crippen LogP) is -0.569. The van der Waals surface area contributed by atoms with Crippen LogP contribution in [-0.4, -0.2) is 37.6 Å². The van der Waals surface area contributed by atoms with E-state index in [1.165, 1.54) is 0 Å². The van der Waals surface area contributed by atoms with E-state index < -0.39 is 0 Å². The van der Waals surface area contributed by atoms with Crippen LogP contribution in [0.3, 0.4) is 0 Å². The highest BCUT2D eigenvalue weighted by molar-refractivity contribution is 5.89. The molecule has 7 heteroatoms. The number of carbonyl (C=O) groups excluding carboxylic acids is 1. The van der Waals surface area contributed by atoms with Crippen LogP contribution in [0.1, 0.15) is 10.6 Å². The molecule has 0 unspecified atom stereocenters. The minimum atomic E-state index is -0.323. The Hall–Kier alpha value is -2.18. The number of aromatic nitrogens is 5. The van der Waals surface area contributed by atoms with Gasteiger partial charge >= 0.3 is 0 Å². The van der Waals surface area contributed by atoms with Crippen molar-refractivity contribution in [3.63, 3.8) is 0 Å². The number of aromatic amines is 1. The molecule has 1 amide bonds. The third kappa shape index (κ3) is 2.39. The summed E-state index contributed by atoms with van der Waals surface area (Å²) in [5, 5.41) is 15.3. The molecule has 7 nitrogen and oxygen atoms in total. The zero-order valence-electron chi connectivity index (χ0n) is 7.92. The molecule has 0 aliphatic rings. The van der Waals surface area contributed by atoms with Crippen LogP contribution >= 0.6 is 0 Å². The maximum absolute atomic E-state index is 11.3. The number of nitrogens with zero attached hydrogens (tertiary/aromatic N) is 4. The van der Waals surface area contributed by atoms with Crippen molar-refractivity contribution in [1.82, 2.24) is 30.5 Å². The summed E-state index contributed by atoms with van der Waals surface area (Å²) in [6.45, 7) is 1.25. The molecule has 0 spiro atoms. The fourth-order valence-electron chi connectivity index (χ4n) is 1.15. The van der Waals surface area contributed by atoms with Gasteiger partial charge in [-0.2, -0.15) is 5.21 Å². The van der Waals surface area contributed by atoms with E-state index in [1.807, 2.05) is 29.1 Å². The highest BCUT2D eigenvalue weighted by Crippen LogP contribution is 1.89. The normalized spacial score (nSPS) is 10.1. The molecule has 2 rings (SSSR count). The molecule has 15 heavy (non-hydrogen) atoms. The van der Waals surface area contributed by atoms with E-state index in [-0.39, 0.29) is 11.7 Å². The second kappa shape index (κ2) is 4.36. The molecular formula is C8H10N6O. The van der Waals surface area contributed by atoms with Gasteiger partial charge < -0.3 is 9.88 Å². The van der Waals surface area contributed by atoms with E-state index in [1.54, 1.807) is 0 Å². The Balaban J connectivity index is 1.77. The first-order valence-corrected chi connectivity index (χ1v) is 4.48. The monoisotopic (exact) mass is 206 g/mol. The Morgan fingerprint density at radius 1 is 1.47 bits per heavy atom. The second-order valence-corrected chi connectivity index (χ2v) is 2.91. The quantitative estimate of drug-likeness (QED) is 0.701. The molecule has 0 fully saturated rings. The molecule has 2 aromatic heterocycles. The summed E-state index contributed by atoms with van der Waals surface area (Å²) in [4.78, 5) is 11.3. The number of amides is 1. The van der Waals surface area contributed by atoms with Gasteiger partial charge in [-0.25, -0.2) is 0 Å². The summed E-state index contributed by atoms with van der Waals surface area (Å²) >= 11 is 0. The van der Waals surface area contributed by atoms with Crippen LogP contribution in [0.25, 0.3) is 0 Å². The molecule has 0 aliphatic heterocycles. The van der Waals surface area contributed by atoms with E-state index in [9.17, 15) is 4.79 Å².